The van der Waals surface area contributed by atoms with Gasteiger partial charge in [0.1, 0.15) is 0 Å². The van der Waals surface area contributed by atoms with Crippen LogP contribution in [-0.2, 0) is 21.2 Å². The van der Waals surface area contributed by atoms with Crippen molar-refractivity contribution in [3.05, 3.63) is 23.8 Å². The van der Waals surface area contributed by atoms with Crippen LogP contribution in [0.25, 0.3) is 0 Å². The quantitative estimate of drug-likeness (QED) is 0.819. The molecule has 0 aromatic heterocycles. The lowest BCUT2D eigenvalue weighted by Crippen LogP contribution is -2.43. The predicted octanol–water partition coefficient (Wildman–Crippen LogP) is 1.39. The third-order valence-corrected chi connectivity index (χ3v) is 5.09. The van der Waals surface area contributed by atoms with E-state index in [9.17, 15) is 13.2 Å². The van der Waals surface area contributed by atoms with E-state index in [-0.39, 0.29) is 29.4 Å². The Morgan fingerprint density at radius 3 is 2.78 bits per heavy atom. The number of amides is 1. The van der Waals surface area contributed by atoms with Crippen molar-refractivity contribution in [2.75, 3.05) is 11.4 Å². The number of fused-ring (bicyclic) bond motifs is 1. The van der Waals surface area contributed by atoms with Gasteiger partial charge < -0.3 is 10.2 Å². The van der Waals surface area contributed by atoms with Gasteiger partial charge in [-0.05, 0) is 50.5 Å². The number of nitrogens with zero attached hydrogens (tertiary/aromatic N) is 1. The molecule has 1 heterocycles. The van der Waals surface area contributed by atoms with Crippen LogP contribution in [0.15, 0.2) is 23.1 Å². The van der Waals surface area contributed by atoms with E-state index in [1.807, 2.05) is 18.7 Å². The van der Waals surface area contributed by atoms with Crippen LogP contribution in [-0.4, -0.2) is 33.0 Å². The minimum atomic E-state index is -3.70. The van der Waals surface area contributed by atoms with Crippen LogP contribution in [0.1, 0.15) is 39.2 Å². The van der Waals surface area contributed by atoms with Crippen molar-refractivity contribution in [2.24, 2.45) is 5.14 Å². The molecule has 128 valence electrons. The summed E-state index contributed by atoms with van der Waals surface area (Å²) in [4.78, 5) is 14.3. The Morgan fingerprint density at radius 1 is 1.48 bits per heavy atom. The zero-order chi connectivity index (χ0) is 17.2. The number of primary sulfonamides is 1. The highest BCUT2D eigenvalue weighted by atomic mass is 32.2. The second kappa shape index (κ2) is 6.88. The SMILES string of the molecule is CCC[C@H](C)NC(=O)CN1c2ccc(S(N)(=O)=O)cc2C[C@H]1C. The maximum atomic E-state index is 12.2. The second-order valence-electron chi connectivity index (χ2n) is 6.27. The molecule has 0 radical (unpaired) electrons. The zero-order valence-corrected chi connectivity index (χ0v) is 14.7. The largest absolute Gasteiger partial charge is 0.359 e. The molecule has 3 N–H and O–H groups in total. The maximum absolute atomic E-state index is 12.2. The Hall–Kier alpha value is -1.60. The van der Waals surface area contributed by atoms with E-state index < -0.39 is 10.0 Å². The summed E-state index contributed by atoms with van der Waals surface area (Å²) >= 11 is 0. The van der Waals surface area contributed by atoms with Gasteiger partial charge >= 0.3 is 0 Å². The Morgan fingerprint density at radius 2 is 2.17 bits per heavy atom. The van der Waals surface area contributed by atoms with E-state index >= 15 is 0 Å². The van der Waals surface area contributed by atoms with Crippen molar-refractivity contribution in [3.63, 3.8) is 0 Å². The molecule has 2 atom stereocenters. The molecule has 1 aliphatic heterocycles. The molecular weight excluding hydrogens is 314 g/mol. The molecule has 6 nitrogen and oxygen atoms in total. The minimum absolute atomic E-state index is 0.0128. The third-order valence-electron chi connectivity index (χ3n) is 4.18. The van der Waals surface area contributed by atoms with Gasteiger partial charge in [0.05, 0.1) is 11.4 Å². The lowest BCUT2D eigenvalue weighted by molar-refractivity contribution is -0.120. The number of anilines is 1. The van der Waals surface area contributed by atoms with Gasteiger partial charge in [0.2, 0.25) is 15.9 Å². The molecule has 1 amide bonds. The number of hydrogen-bond donors (Lipinski definition) is 2. The van der Waals surface area contributed by atoms with Gasteiger partial charge in [0.15, 0.2) is 0 Å². The second-order valence-corrected chi connectivity index (χ2v) is 7.84. The van der Waals surface area contributed by atoms with Crippen LogP contribution in [0, 0.1) is 0 Å². The summed E-state index contributed by atoms with van der Waals surface area (Å²) in [6.07, 6.45) is 2.69. The Balaban J connectivity index is 2.13. The number of benzene rings is 1. The van der Waals surface area contributed by atoms with Gasteiger partial charge in [-0.2, -0.15) is 0 Å². The molecule has 0 saturated carbocycles. The van der Waals surface area contributed by atoms with Crippen molar-refractivity contribution in [1.29, 1.82) is 0 Å². The molecule has 23 heavy (non-hydrogen) atoms. The van der Waals surface area contributed by atoms with Crippen LogP contribution < -0.4 is 15.4 Å². The first kappa shape index (κ1) is 17.7. The summed E-state index contributed by atoms with van der Waals surface area (Å²) in [6.45, 7) is 6.39. The van der Waals surface area contributed by atoms with Crippen LogP contribution in [0.3, 0.4) is 0 Å². The molecular formula is C16H25N3O3S. The average molecular weight is 339 g/mol. The first-order valence-corrected chi connectivity index (χ1v) is 9.48. The molecule has 7 heteroatoms. The summed E-state index contributed by atoms with van der Waals surface area (Å²) < 4.78 is 22.9. The van der Waals surface area contributed by atoms with E-state index in [4.69, 9.17) is 5.14 Å². The van der Waals surface area contributed by atoms with Crippen LogP contribution in [0.5, 0.6) is 0 Å². The summed E-state index contributed by atoms with van der Waals surface area (Å²) in [5, 5.41) is 8.18. The number of nitrogens with one attached hydrogen (secondary N) is 1. The molecule has 2 rings (SSSR count). The van der Waals surface area contributed by atoms with Gasteiger partial charge in [0, 0.05) is 17.8 Å². The summed E-state index contributed by atoms with van der Waals surface area (Å²) in [5.74, 6) is -0.0128. The number of sulfonamides is 1. The topological polar surface area (TPSA) is 92.5 Å². The fraction of sp³-hybridized carbons (Fsp3) is 0.562. The van der Waals surface area contributed by atoms with E-state index in [0.29, 0.717) is 6.42 Å². The minimum Gasteiger partial charge on any atom is -0.359 e. The molecule has 0 saturated heterocycles. The van der Waals surface area contributed by atoms with E-state index in [2.05, 4.69) is 12.2 Å². The normalized spacial score (nSPS) is 18.6. The molecule has 0 fully saturated rings. The Labute approximate surface area is 138 Å². The molecule has 0 aliphatic carbocycles. The summed E-state index contributed by atoms with van der Waals surface area (Å²) in [5.41, 5.74) is 1.82. The van der Waals surface area contributed by atoms with Gasteiger partial charge in [0.25, 0.3) is 0 Å². The number of nitrogens with two attached hydrogens (primary N) is 1. The van der Waals surface area contributed by atoms with Gasteiger partial charge in [-0.25, -0.2) is 13.6 Å². The highest BCUT2D eigenvalue weighted by molar-refractivity contribution is 7.89. The molecule has 1 aromatic rings. The predicted molar refractivity (Wildman–Crippen MR) is 90.8 cm³/mol. The monoisotopic (exact) mass is 339 g/mol. The van der Waals surface area contributed by atoms with E-state index in [1.54, 1.807) is 12.1 Å². The zero-order valence-electron chi connectivity index (χ0n) is 13.9. The fourth-order valence-electron chi connectivity index (χ4n) is 3.07. The lowest BCUT2D eigenvalue weighted by atomic mass is 10.1. The summed E-state index contributed by atoms with van der Waals surface area (Å²) in [7, 11) is -3.70. The highest BCUT2D eigenvalue weighted by Gasteiger charge is 2.28. The van der Waals surface area contributed by atoms with Crippen LogP contribution >= 0.6 is 0 Å². The number of carbonyl (C=O) groups is 1. The Kier molecular flexibility index (Phi) is 5.31. The first-order chi connectivity index (χ1) is 10.7. The molecule has 0 spiro atoms. The van der Waals surface area contributed by atoms with Crippen molar-refractivity contribution in [2.45, 2.75) is 57.0 Å². The van der Waals surface area contributed by atoms with Gasteiger partial charge in [-0.3, -0.25) is 4.79 Å². The van der Waals surface area contributed by atoms with Crippen molar-refractivity contribution < 1.29 is 13.2 Å². The maximum Gasteiger partial charge on any atom is 0.239 e. The molecule has 1 aliphatic rings. The van der Waals surface area contributed by atoms with Crippen molar-refractivity contribution >= 4 is 21.6 Å². The average Bonchev–Trinajstić information content (AvgIpc) is 2.73. The standard InChI is InChI=1S/C16H25N3O3S/c1-4-5-11(2)18-16(20)10-19-12(3)8-13-9-14(23(17,21)22)6-7-15(13)19/h6-7,9,11-12H,4-5,8,10H2,1-3H3,(H,18,20)(H2,17,21,22)/t11-,12+/m0/s1. The summed E-state index contributed by atoms with van der Waals surface area (Å²) in [6, 6.07) is 5.15. The first-order valence-electron chi connectivity index (χ1n) is 7.94. The highest BCUT2D eigenvalue weighted by Crippen LogP contribution is 2.33. The van der Waals surface area contributed by atoms with Crippen LogP contribution in [0.2, 0.25) is 0 Å². The van der Waals surface area contributed by atoms with Crippen LogP contribution in [0.4, 0.5) is 5.69 Å². The smallest absolute Gasteiger partial charge is 0.239 e. The van der Waals surface area contributed by atoms with E-state index in [1.165, 1.54) is 6.07 Å². The van der Waals surface area contributed by atoms with Gasteiger partial charge in [-0.15, -0.1) is 0 Å². The Bertz CT molecular complexity index is 688. The molecule has 0 unspecified atom stereocenters. The molecule has 0 bridgehead atoms. The number of rotatable bonds is 6. The van der Waals surface area contributed by atoms with E-state index in [0.717, 1.165) is 24.1 Å². The number of hydrogen-bond acceptors (Lipinski definition) is 4. The lowest BCUT2D eigenvalue weighted by Gasteiger charge is -2.25. The fourth-order valence-corrected chi connectivity index (χ4v) is 3.63. The molecule has 1 aromatic carbocycles. The van der Waals surface area contributed by atoms with Gasteiger partial charge in [-0.1, -0.05) is 13.3 Å². The van der Waals surface area contributed by atoms with Crippen molar-refractivity contribution in [1.82, 2.24) is 5.32 Å². The van der Waals surface area contributed by atoms with Crippen molar-refractivity contribution in [3.8, 4) is 0 Å². The third kappa shape index (κ3) is 4.23. The number of carbonyl (C=O) groups excluding carboxylic acids is 1.